The minimum Gasteiger partial charge on any atom is -0.375 e. The number of ether oxygens (including phenoxy) is 1. The number of hydrogen-bond donors (Lipinski definition) is 1. The molecule has 1 saturated carbocycles. The van der Waals surface area contributed by atoms with Crippen LogP contribution >= 0.6 is 0 Å². The third-order valence-corrected chi connectivity index (χ3v) is 5.50. The predicted octanol–water partition coefficient (Wildman–Crippen LogP) is 3.91. The Hall–Kier alpha value is -0.860. The Bertz CT molecular complexity index is 474. The van der Waals surface area contributed by atoms with E-state index in [1.807, 2.05) is 0 Å². The molecule has 1 heterocycles. The number of rotatable bonds is 2. The van der Waals surface area contributed by atoms with Gasteiger partial charge in [-0.05, 0) is 51.0 Å². The van der Waals surface area contributed by atoms with Crippen molar-refractivity contribution in [3.05, 3.63) is 35.4 Å². The van der Waals surface area contributed by atoms with E-state index < -0.39 is 0 Å². The molecule has 2 N–H and O–H groups in total. The van der Waals surface area contributed by atoms with Crippen LogP contribution in [0.2, 0.25) is 0 Å². The summed E-state index contributed by atoms with van der Waals surface area (Å²) >= 11 is 0. The Morgan fingerprint density at radius 2 is 2.05 bits per heavy atom. The quantitative estimate of drug-likeness (QED) is 0.886. The minimum absolute atomic E-state index is 0.146. The molecule has 1 saturated heterocycles. The Morgan fingerprint density at radius 3 is 2.75 bits per heavy atom. The van der Waals surface area contributed by atoms with Gasteiger partial charge < -0.3 is 10.5 Å². The molecule has 1 aliphatic carbocycles. The third kappa shape index (κ3) is 2.51. The maximum atomic E-state index is 6.78. The van der Waals surface area contributed by atoms with E-state index in [0.717, 1.165) is 19.4 Å². The van der Waals surface area contributed by atoms with Gasteiger partial charge in [-0.1, -0.05) is 42.7 Å². The van der Waals surface area contributed by atoms with Crippen molar-refractivity contribution >= 4 is 0 Å². The molecule has 2 atom stereocenters. The van der Waals surface area contributed by atoms with E-state index in [0.29, 0.717) is 5.92 Å². The molecule has 1 aliphatic heterocycles. The Morgan fingerprint density at radius 1 is 1.30 bits per heavy atom. The average molecular weight is 273 g/mol. The highest BCUT2D eigenvalue weighted by Gasteiger charge is 2.45. The molecule has 20 heavy (non-hydrogen) atoms. The fraction of sp³-hybridized carbons (Fsp3) is 0.667. The highest BCUT2D eigenvalue weighted by atomic mass is 16.5. The molecule has 2 aliphatic rings. The van der Waals surface area contributed by atoms with Gasteiger partial charge in [-0.25, -0.2) is 0 Å². The van der Waals surface area contributed by atoms with Crippen LogP contribution in [0.15, 0.2) is 24.3 Å². The Labute approximate surface area is 122 Å². The average Bonchev–Trinajstić information content (AvgIpc) is 2.87. The second-order valence-corrected chi connectivity index (χ2v) is 7.08. The van der Waals surface area contributed by atoms with Crippen LogP contribution in [-0.4, -0.2) is 12.2 Å². The topological polar surface area (TPSA) is 35.2 Å². The monoisotopic (exact) mass is 273 g/mol. The maximum absolute atomic E-state index is 6.78. The lowest BCUT2D eigenvalue weighted by molar-refractivity contribution is -0.104. The largest absolute Gasteiger partial charge is 0.375 e. The molecule has 1 spiro atoms. The van der Waals surface area contributed by atoms with Gasteiger partial charge in [0.05, 0.1) is 5.60 Å². The second kappa shape index (κ2) is 5.16. The van der Waals surface area contributed by atoms with Crippen molar-refractivity contribution in [2.45, 2.75) is 63.5 Å². The first kappa shape index (κ1) is 14.1. The number of benzene rings is 1. The number of nitrogens with two attached hydrogens (primary N) is 1. The van der Waals surface area contributed by atoms with E-state index in [9.17, 15) is 0 Å². The van der Waals surface area contributed by atoms with Gasteiger partial charge in [-0.2, -0.15) is 0 Å². The summed E-state index contributed by atoms with van der Waals surface area (Å²) in [5.74, 6) is 0.524. The number of aryl methyl sites for hydroxylation is 1. The summed E-state index contributed by atoms with van der Waals surface area (Å²) in [5.41, 5.74) is 9.25. The van der Waals surface area contributed by atoms with Gasteiger partial charge in [0.1, 0.15) is 0 Å². The van der Waals surface area contributed by atoms with Crippen LogP contribution < -0.4 is 5.73 Å². The molecule has 0 bridgehead atoms. The maximum Gasteiger partial charge on any atom is 0.0686 e. The van der Waals surface area contributed by atoms with E-state index in [-0.39, 0.29) is 11.1 Å². The van der Waals surface area contributed by atoms with Crippen LogP contribution in [0.1, 0.15) is 56.6 Å². The fourth-order valence-corrected chi connectivity index (χ4v) is 4.12. The zero-order valence-electron chi connectivity index (χ0n) is 12.8. The van der Waals surface area contributed by atoms with Crippen LogP contribution in [0.3, 0.4) is 0 Å². The first-order valence-corrected chi connectivity index (χ1v) is 8.02. The first-order chi connectivity index (χ1) is 9.52. The van der Waals surface area contributed by atoms with Crippen molar-refractivity contribution in [2.24, 2.45) is 11.7 Å². The van der Waals surface area contributed by atoms with Crippen molar-refractivity contribution < 1.29 is 4.74 Å². The number of hydrogen-bond acceptors (Lipinski definition) is 2. The summed E-state index contributed by atoms with van der Waals surface area (Å²) in [6, 6.07) is 8.70. The normalized spacial score (nSPS) is 28.4. The standard InChI is InChI=1S/C18H27NO/c1-14-6-5-7-15(12-14)17(2,19)16-8-11-20-18(13-16)9-3-4-10-18/h5-7,12,16H,3-4,8-11,13,19H2,1-2H3. The van der Waals surface area contributed by atoms with Crippen LogP contribution in [0.25, 0.3) is 0 Å². The summed E-state index contributed by atoms with van der Waals surface area (Å²) in [7, 11) is 0. The van der Waals surface area contributed by atoms with Crippen molar-refractivity contribution in [3.63, 3.8) is 0 Å². The Balaban J connectivity index is 1.83. The van der Waals surface area contributed by atoms with Crippen LogP contribution in [0, 0.1) is 12.8 Å². The summed E-state index contributed by atoms with van der Waals surface area (Å²) in [6.07, 6.45) is 7.31. The lowest BCUT2D eigenvalue weighted by atomic mass is 9.71. The molecule has 2 heteroatoms. The SMILES string of the molecule is Cc1cccc(C(C)(N)C2CCOC3(CCCC3)C2)c1. The third-order valence-electron chi connectivity index (χ3n) is 5.50. The molecule has 2 unspecified atom stereocenters. The first-order valence-electron chi connectivity index (χ1n) is 8.02. The van der Waals surface area contributed by atoms with Gasteiger partial charge in [-0.15, -0.1) is 0 Å². The molecule has 0 aromatic heterocycles. The summed E-state index contributed by atoms with van der Waals surface area (Å²) < 4.78 is 6.16. The van der Waals surface area contributed by atoms with Crippen molar-refractivity contribution in [3.8, 4) is 0 Å². The van der Waals surface area contributed by atoms with E-state index in [4.69, 9.17) is 10.5 Å². The summed E-state index contributed by atoms with van der Waals surface area (Å²) in [4.78, 5) is 0. The molecular weight excluding hydrogens is 246 g/mol. The van der Waals surface area contributed by atoms with Gasteiger partial charge in [0, 0.05) is 12.1 Å². The van der Waals surface area contributed by atoms with Crippen LogP contribution in [0.5, 0.6) is 0 Å². The van der Waals surface area contributed by atoms with E-state index in [1.54, 1.807) is 0 Å². The van der Waals surface area contributed by atoms with Gasteiger partial charge in [-0.3, -0.25) is 0 Å². The highest BCUT2D eigenvalue weighted by Crippen LogP contribution is 2.46. The van der Waals surface area contributed by atoms with Gasteiger partial charge in [0.25, 0.3) is 0 Å². The highest BCUT2D eigenvalue weighted by molar-refractivity contribution is 5.29. The van der Waals surface area contributed by atoms with E-state index in [1.165, 1.54) is 36.8 Å². The van der Waals surface area contributed by atoms with Crippen molar-refractivity contribution in [2.75, 3.05) is 6.61 Å². The smallest absolute Gasteiger partial charge is 0.0686 e. The zero-order chi connectivity index (χ0) is 14.2. The molecule has 0 radical (unpaired) electrons. The van der Waals surface area contributed by atoms with Crippen LogP contribution in [0.4, 0.5) is 0 Å². The molecular formula is C18H27NO. The van der Waals surface area contributed by atoms with Crippen molar-refractivity contribution in [1.29, 1.82) is 0 Å². The zero-order valence-corrected chi connectivity index (χ0v) is 12.8. The molecule has 2 nitrogen and oxygen atoms in total. The molecule has 2 fully saturated rings. The van der Waals surface area contributed by atoms with E-state index in [2.05, 4.69) is 38.1 Å². The van der Waals surface area contributed by atoms with E-state index >= 15 is 0 Å². The second-order valence-electron chi connectivity index (χ2n) is 7.08. The van der Waals surface area contributed by atoms with Gasteiger partial charge >= 0.3 is 0 Å². The van der Waals surface area contributed by atoms with Crippen LogP contribution in [-0.2, 0) is 10.3 Å². The predicted molar refractivity (Wildman–Crippen MR) is 82.6 cm³/mol. The molecule has 3 rings (SSSR count). The molecule has 1 aromatic carbocycles. The molecule has 0 amide bonds. The lowest BCUT2D eigenvalue weighted by Crippen LogP contribution is -2.49. The minimum atomic E-state index is -0.245. The van der Waals surface area contributed by atoms with Crippen molar-refractivity contribution in [1.82, 2.24) is 0 Å². The fourth-order valence-electron chi connectivity index (χ4n) is 4.12. The van der Waals surface area contributed by atoms with Gasteiger partial charge in [0.15, 0.2) is 0 Å². The Kier molecular flexibility index (Phi) is 3.64. The summed E-state index contributed by atoms with van der Waals surface area (Å²) in [5, 5.41) is 0. The lowest BCUT2D eigenvalue weighted by Gasteiger charge is -2.45. The molecule has 1 aromatic rings. The van der Waals surface area contributed by atoms with Gasteiger partial charge in [0.2, 0.25) is 0 Å². The summed E-state index contributed by atoms with van der Waals surface area (Å²) in [6.45, 7) is 5.23. The molecule has 110 valence electrons.